The number of hydrogen-bond donors (Lipinski definition) is 0. The van der Waals surface area contributed by atoms with Crippen molar-refractivity contribution >= 4 is 17.2 Å². The Kier molecular flexibility index (Phi) is 4.26. The smallest absolute Gasteiger partial charge is 0.367 e. The van der Waals surface area contributed by atoms with Gasteiger partial charge in [-0.1, -0.05) is 0 Å². The van der Waals surface area contributed by atoms with E-state index in [1.807, 2.05) is 5.38 Å². The number of carbonyl (C=O) groups is 1. The second-order valence-electron chi connectivity index (χ2n) is 4.77. The van der Waals surface area contributed by atoms with E-state index < -0.39 is 17.9 Å². The summed E-state index contributed by atoms with van der Waals surface area (Å²) in [5.41, 5.74) is 0.0118. The highest BCUT2D eigenvalue weighted by Crippen LogP contribution is 2.26. The number of amides is 1. The average Bonchev–Trinajstić information content (AvgIpc) is 3.08. The molecule has 0 aromatic carbocycles. The Bertz CT molecular complexity index is 676. The molecule has 1 saturated heterocycles. The lowest BCUT2D eigenvalue weighted by Crippen LogP contribution is -2.42. The fourth-order valence-electron chi connectivity index (χ4n) is 2.14. The van der Waals surface area contributed by atoms with Gasteiger partial charge in [-0.05, 0) is 0 Å². The second kappa shape index (κ2) is 6.20. The molecule has 2 aromatic heterocycles. The number of morpholine rings is 1. The summed E-state index contributed by atoms with van der Waals surface area (Å²) in [6, 6.07) is 0. The van der Waals surface area contributed by atoms with Gasteiger partial charge >= 0.3 is 6.18 Å². The molecule has 1 aliphatic heterocycles. The topological polar surface area (TPSA) is 68.2 Å². The van der Waals surface area contributed by atoms with Crippen molar-refractivity contribution in [3.8, 4) is 0 Å². The third-order valence-corrected chi connectivity index (χ3v) is 4.10. The van der Waals surface area contributed by atoms with Crippen LogP contribution in [0.2, 0.25) is 0 Å². The van der Waals surface area contributed by atoms with Crippen molar-refractivity contribution in [3.05, 3.63) is 40.4 Å². The maximum absolute atomic E-state index is 12.4. The van der Waals surface area contributed by atoms with E-state index in [0.717, 1.165) is 17.4 Å². The fraction of sp³-hybridized carbons (Fsp3) is 0.385. The number of alkyl halides is 3. The number of aromatic nitrogens is 3. The Morgan fingerprint density at radius 1 is 1.30 bits per heavy atom. The molecule has 2 aromatic rings. The Morgan fingerprint density at radius 3 is 2.65 bits per heavy atom. The van der Waals surface area contributed by atoms with Gasteiger partial charge in [0.25, 0.3) is 5.91 Å². The number of carbonyl (C=O) groups excluding carboxylic acids is 1. The van der Waals surface area contributed by atoms with E-state index in [0.29, 0.717) is 13.2 Å². The van der Waals surface area contributed by atoms with Crippen LogP contribution in [-0.4, -0.2) is 45.5 Å². The molecule has 1 amide bonds. The number of nitrogens with zero attached hydrogens (tertiary/aromatic N) is 4. The van der Waals surface area contributed by atoms with E-state index in [4.69, 9.17) is 4.74 Å². The number of ether oxygens (including phenoxy) is 1. The van der Waals surface area contributed by atoms with Gasteiger partial charge in [0.2, 0.25) is 5.82 Å². The van der Waals surface area contributed by atoms with Gasteiger partial charge in [0, 0.05) is 30.5 Å². The van der Waals surface area contributed by atoms with E-state index in [1.54, 1.807) is 6.20 Å². The second-order valence-corrected chi connectivity index (χ2v) is 5.70. The quantitative estimate of drug-likeness (QED) is 0.835. The summed E-state index contributed by atoms with van der Waals surface area (Å²) >= 11 is 1.42. The fourth-order valence-corrected chi connectivity index (χ4v) is 2.82. The lowest BCUT2D eigenvalue weighted by atomic mass is 10.2. The average molecular weight is 344 g/mol. The maximum atomic E-state index is 12.4. The maximum Gasteiger partial charge on any atom is 0.451 e. The minimum atomic E-state index is -4.63. The van der Waals surface area contributed by atoms with Crippen molar-refractivity contribution in [3.63, 3.8) is 0 Å². The molecule has 6 nitrogen and oxygen atoms in total. The molecule has 0 saturated carbocycles. The molecule has 0 N–H and O–H groups in total. The predicted octanol–water partition coefficient (Wildman–Crippen LogP) is 2.17. The normalized spacial score (nSPS) is 18.9. The Labute approximate surface area is 133 Å². The zero-order chi connectivity index (χ0) is 16.4. The number of thiazole rings is 1. The first-order chi connectivity index (χ1) is 10.9. The van der Waals surface area contributed by atoms with Gasteiger partial charge in [0.15, 0.2) is 0 Å². The zero-order valence-electron chi connectivity index (χ0n) is 11.7. The van der Waals surface area contributed by atoms with E-state index in [2.05, 4.69) is 15.0 Å². The molecule has 23 heavy (non-hydrogen) atoms. The molecule has 122 valence electrons. The Balaban J connectivity index is 1.72. The van der Waals surface area contributed by atoms with Crippen LogP contribution in [0.3, 0.4) is 0 Å². The monoisotopic (exact) mass is 344 g/mol. The SMILES string of the molecule is O=C(c1cnc(C(F)(F)F)nc1)N1CCO[C@@H](c2nccs2)C1. The number of halogens is 3. The molecule has 0 unspecified atom stereocenters. The molecule has 0 bridgehead atoms. The predicted molar refractivity (Wildman–Crippen MR) is 73.7 cm³/mol. The van der Waals surface area contributed by atoms with Crippen LogP contribution < -0.4 is 0 Å². The van der Waals surface area contributed by atoms with Gasteiger partial charge in [-0.15, -0.1) is 11.3 Å². The van der Waals surface area contributed by atoms with Crippen molar-refractivity contribution in [2.75, 3.05) is 19.7 Å². The van der Waals surface area contributed by atoms with E-state index in [-0.39, 0.29) is 18.2 Å². The van der Waals surface area contributed by atoms with Crippen molar-refractivity contribution in [1.82, 2.24) is 19.9 Å². The first-order valence-corrected chi connectivity index (χ1v) is 7.52. The highest BCUT2D eigenvalue weighted by molar-refractivity contribution is 7.09. The lowest BCUT2D eigenvalue weighted by molar-refractivity contribution is -0.145. The van der Waals surface area contributed by atoms with Crippen molar-refractivity contribution in [2.24, 2.45) is 0 Å². The van der Waals surface area contributed by atoms with Gasteiger partial charge in [-0.25, -0.2) is 15.0 Å². The molecule has 0 aliphatic carbocycles. The van der Waals surface area contributed by atoms with E-state index in [9.17, 15) is 18.0 Å². The lowest BCUT2D eigenvalue weighted by Gasteiger charge is -2.31. The third kappa shape index (κ3) is 3.48. The van der Waals surface area contributed by atoms with Crippen molar-refractivity contribution in [1.29, 1.82) is 0 Å². The van der Waals surface area contributed by atoms with Crippen molar-refractivity contribution < 1.29 is 22.7 Å². The van der Waals surface area contributed by atoms with Gasteiger partial charge < -0.3 is 9.64 Å². The zero-order valence-corrected chi connectivity index (χ0v) is 12.5. The van der Waals surface area contributed by atoms with Gasteiger partial charge in [-0.2, -0.15) is 13.2 Å². The van der Waals surface area contributed by atoms with E-state index >= 15 is 0 Å². The minimum absolute atomic E-state index is 0.0118. The molecular weight excluding hydrogens is 333 g/mol. The largest absolute Gasteiger partial charge is 0.451 e. The van der Waals surface area contributed by atoms with Crippen LogP contribution in [0.15, 0.2) is 24.0 Å². The summed E-state index contributed by atoms with van der Waals surface area (Å²) in [5.74, 6) is -1.69. The van der Waals surface area contributed by atoms with Crippen LogP contribution in [0.4, 0.5) is 13.2 Å². The molecule has 1 atom stereocenters. The standard InChI is InChI=1S/C13H11F3N4O2S/c14-13(15,16)12-18-5-8(6-19-12)11(21)20-2-3-22-9(7-20)10-17-1-4-23-10/h1,4-6,9H,2-3,7H2/t9-/m1/s1. The molecule has 0 radical (unpaired) electrons. The molecule has 3 rings (SSSR count). The molecule has 3 heterocycles. The van der Waals surface area contributed by atoms with Gasteiger partial charge in [-0.3, -0.25) is 4.79 Å². The first-order valence-electron chi connectivity index (χ1n) is 6.64. The first kappa shape index (κ1) is 15.8. The molecular formula is C13H11F3N4O2S. The van der Waals surface area contributed by atoms with Crippen LogP contribution in [0.25, 0.3) is 0 Å². The summed E-state index contributed by atoms with van der Waals surface area (Å²) in [4.78, 5) is 24.4. The molecule has 1 fully saturated rings. The summed E-state index contributed by atoms with van der Waals surface area (Å²) in [7, 11) is 0. The summed E-state index contributed by atoms with van der Waals surface area (Å²) in [5, 5.41) is 2.56. The number of rotatable bonds is 2. The Hall–Kier alpha value is -2.07. The highest BCUT2D eigenvalue weighted by Gasteiger charge is 2.35. The summed E-state index contributed by atoms with van der Waals surface area (Å²) in [6.07, 6.45) is -1.52. The highest BCUT2D eigenvalue weighted by atomic mass is 32.1. The van der Waals surface area contributed by atoms with Crippen LogP contribution >= 0.6 is 11.3 Å². The minimum Gasteiger partial charge on any atom is -0.367 e. The molecule has 10 heteroatoms. The van der Waals surface area contributed by atoms with Crippen LogP contribution in [-0.2, 0) is 10.9 Å². The van der Waals surface area contributed by atoms with Crippen LogP contribution in [0, 0.1) is 0 Å². The third-order valence-electron chi connectivity index (χ3n) is 3.23. The molecule has 0 spiro atoms. The van der Waals surface area contributed by atoms with Crippen LogP contribution in [0.1, 0.15) is 27.3 Å². The van der Waals surface area contributed by atoms with Gasteiger partial charge in [0.1, 0.15) is 11.1 Å². The summed E-state index contributed by atoms with van der Waals surface area (Å²) < 4.78 is 42.9. The Morgan fingerprint density at radius 2 is 2.04 bits per heavy atom. The van der Waals surface area contributed by atoms with Gasteiger partial charge in [0.05, 0.1) is 18.7 Å². The van der Waals surface area contributed by atoms with Crippen molar-refractivity contribution in [2.45, 2.75) is 12.3 Å². The number of hydrogen-bond acceptors (Lipinski definition) is 6. The van der Waals surface area contributed by atoms with Crippen LogP contribution in [0.5, 0.6) is 0 Å². The van der Waals surface area contributed by atoms with E-state index in [1.165, 1.54) is 16.2 Å². The summed E-state index contributed by atoms with van der Waals surface area (Å²) in [6.45, 7) is 0.965. The molecule has 1 aliphatic rings.